The van der Waals surface area contributed by atoms with Crippen molar-refractivity contribution in [3.63, 3.8) is 0 Å². The van der Waals surface area contributed by atoms with Gasteiger partial charge in [-0.3, -0.25) is 4.79 Å². The summed E-state index contributed by atoms with van der Waals surface area (Å²) in [6.07, 6.45) is 2.37. The molecule has 5 nitrogen and oxygen atoms in total. The van der Waals surface area contributed by atoms with Crippen molar-refractivity contribution in [1.82, 2.24) is 14.5 Å². The van der Waals surface area contributed by atoms with E-state index >= 15 is 0 Å². The van der Waals surface area contributed by atoms with E-state index in [9.17, 15) is 13.6 Å². The summed E-state index contributed by atoms with van der Waals surface area (Å²) in [5.41, 5.74) is 3.43. The first-order chi connectivity index (χ1) is 15.0. The molecule has 31 heavy (non-hydrogen) atoms. The highest BCUT2D eigenvalue weighted by molar-refractivity contribution is 5.97. The second-order valence-corrected chi connectivity index (χ2v) is 7.87. The Balaban J connectivity index is 1.73. The average Bonchev–Trinajstić information content (AvgIpc) is 3.26. The van der Waals surface area contributed by atoms with Gasteiger partial charge >= 0.3 is 6.61 Å². The highest BCUT2D eigenvalue weighted by atomic mass is 19.3. The summed E-state index contributed by atoms with van der Waals surface area (Å²) < 4.78 is 33.2. The van der Waals surface area contributed by atoms with Crippen molar-refractivity contribution in [1.29, 1.82) is 0 Å². The van der Waals surface area contributed by atoms with Crippen molar-refractivity contribution in [2.75, 3.05) is 7.05 Å². The molecule has 5 rings (SSSR count). The average molecular weight is 421 g/mol. The van der Waals surface area contributed by atoms with Crippen LogP contribution in [0.5, 0.6) is 5.75 Å². The van der Waals surface area contributed by atoms with Gasteiger partial charge in [0.2, 0.25) is 0 Å². The smallest absolute Gasteiger partial charge is 0.387 e. The van der Waals surface area contributed by atoms with Gasteiger partial charge in [0.25, 0.3) is 5.91 Å². The summed E-state index contributed by atoms with van der Waals surface area (Å²) in [6, 6.07) is 10.0. The van der Waals surface area contributed by atoms with Gasteiger partial charge in [-0.25, -0.2) is 4.98 Å². The number of aromatic nitrogens is 2. The van der Waals surface area contributed by atoms with Crippen LogP contribution in [0.1, 0.15) is 65.6 Å². The van der Waals surface area contributed by atoms with Crippen molar-refractivity contribution in [2.24, 2.45) is 0 Å². The van der Waals surface area contributed by atoms with Crippen LogP contribution < -0.4 is 4.74 Å². The summed E-state index contributed by atoms with van der Waals surface area (Å²) in [7, 11) is 1.73. The number of hydrogen-bond acceptors (Lipinski definition) is 3. The van der Waals surface area contributed by atoms with Gasteiger partial charge in [-0.15, -0.1) is 0 Å². The number of unbranched alkanes of at least 4 members (excludes halogenated alkanes) is 1. The number of amides is 1. The quantitative estimate of drug-likeness (QED) is 0.565. The Morgan fingerprint density at radius 2 is 2.10 bits per heavy atom. The van der Waals surface area contributed by atoms with Crippen LogP contribution in [0, 0.1) is 11.8 Å². The molecular weight excluding hydrogens is 400 g/mol. The van der Waals surface area contributed by atoms with Crippen LogP contribution in [0.2, 0.25) is 0 Å². The maximum absolute atomic E-state index is 13.1. The molecule has 0 N–H and O–H groups in total. The van der Waals surface area contributed by atoms with Crippen LogP contribution in [0.3, 0.4) is 0 Å². The van der Waals surface area contributed by atoms with E-state index < -0.39 is 6.61 Å². The van der Waals surface area contributed by atoms with E-state index in [1.165, 1.54) is 6.07 Å². The number of rotatable bonds is 3. The second-order valence-electron chi connectivity index (χ2n) is 7.87. The van der Waals surface area contributed by atoms with Gasteiger partial charge in [0.15, 0.2) is 0 Å². The Labute approximate surface area is 178 Å². The van der Waals surface area contributed by atoms with E-state index in [4.69, 9.17) is 9.72 Å². The predicted octanol–water partition coefficient (Wildman–Crippen LogP) is 4.91. The molecule has 1 unspecified atom stereocenters. The van der Waals surface area contributed by atoms with Gasteiger partial charge in [-0.1, -0.05) is 24.8 Å². The molecule has 3 heterocycles. The number of carbonyl (C=O) groups excluding carboxylic acids is 1. The maximum Gasteiger partial charge on any atom is 0.387 e. The molecule has 0 saturated heterocycles. The number of alkyl halides is 2. The minimum atomic E-state index is -2.97. The van der Waals surface area contributed by atoms with Crippen LogP contribution in [0.15, 0.2) is 36.4 Å². The normalized spacial score (nSPS) is 19.1. The van der Waals surface area contributed by atoms with E-state index in [2.05, 4.69) is 23.3 Å². The van der Waals surface area contributed by atoms with Gasteiger partial charge in [0, 0.05) is 36.6 Å². The second kappa shape index (κ2) is 7.38. The molecular formula is C24H21F2N3O2. The molecule has 2 aliphatic rings. The fourth-order valence-electron chi connectivity index (χ4n) is 4.65. The Morgan fingerprint density at radius 3 is 2.87 bits per heavy atom. The Hall–Kier alpha value is -3.40. The SMILES string of the molecule is CCCC#Cc1ccc2nc3n(c2c1)[C@@H]1CC3N(C)C(=O)c2cccc(OC(F)F)c21. The minimum Gasteiger partial charge on any atom is -0.434 e. The lowest BCUT2D eigenvalue weighted by molar-refractivity contribution is -0.0507. The fraction of sp³-hybridized carbons (Fsp3) is 0.333. The van der Waals surface area contributed by atoms with Gasteiger partial charge < -0.3 is 14.2 Å². The van der Waals surface area contributed by atoms with Gasteiger partial charge in [-0.05, 0) is 36.8 Å². The highest BCUT2D eigenvalue weighted by Crippen LogP contribution is 2.49. The molecule has 1 aromatic heterocycles. The van der Waals surface area contributed by atoms with E-state index in [-0.39, 0.29) is 23.7 Å². The third kappa shape index (κ3) is 3.05. The zero-order valence-electron chi connectivity index (χ0n) is 17.2. The molecule has 0 saturated carbocycles. The first kappa shape index (κ1) is 19.6. The number of carbonyl (C=O) groups is 1. The molecule has 2 aromatic carbocycles. The third-order valence-electron chi connectivity index (χ3n) is 6.01. The van der Waals surface area contributed by atoms with Crippen molar-refractivity contribution in [3.05, 3.63) is 58.9 Å². The Kier molecular flexibility index (Phi) is 4.66. The van der Waals surface area contributed by atoms with Crippen LogP contribution in [0.4, 0.5) is 8.78 Å². The van der Waals surface area contributed by atoms with Gasteiger partial charge in [0.05, 0.1) is 23.1 Å². The highest BCUT2D eigenvalue weighted by Gasteiger charge is 2.44. The van der Waals surface area contributed by atoms with Crippen molar-refractivity contribution >= 4 is 16.9 Å². The molecule has 0 aliphatic carbocycles. The summed E-state index contributed by atoms with van der Waals surface area (Å²) in [6.45, 7) is -0.890. The first-order valence-corrected chi connectivity index (χ1v) is 10.3. The Morgan fingerprint density at radius 1 is 1.26 bits per heavy atom. The lowest BCUT2D eigenvalue weighted by Crippen LogP contribution is -2.30. The van der Waals surface area contributed by atoms with E-state index in [0.29, 0.717) is 17.5 Å². The molecule has 0 radical (unpaired) electrons. The molecule has 2 bridgehead atoms. The van der Waals surface area contributed by atoms with Crippen LogP contribution >= 0.6 is 0 Å². The number of fused-ring (bicyclic) bond motifs is 9. The number of nitrogens with zero attached hydrogens (tertiary/aromatic N) is 3. The summed E-state index contributed by atoms with van der Waals surface area (Å²) >= 11 is 0. The summed E-state index contributed by atoms with van der Waals surface area (Å²) in [5, 5.41) is 0. The summed E-state index contributed by atoms with van der Waals surface area (Å²) in [4.78, 5) is 19.6. The standard InChI is InChI=1S/C24H21F2N3O2/c1-3-4-5-7-14-10-11-16-17(12-14)29-18-13-19(22(29)27-16)28(2)23(30)15-8-6-9-20(21(15)18)31-24(25)26/h6,8-12,18-19,24H,3-4,13H2,1-2H3/t18-,19?/m1/s1. The molecule has 1 amide bonds. The van der Waals surface area contributed by atoms with Gasteiger partial charge in [-0.2, -0.15) is 8.78 Å². The molecule has 2 atom stereocenters. The molecule has 0 fully saturated rings. The zero-order chi connectivity index (χ0) is 21.7. The summed E-state index contributed by atoms with van der Waals surface area (Å²) in [5.74, 6) is 6.92. The number of imidazole rings is 1. The lowest BCUT2D eigenvalue weighted by atomic mass is 9.97. The van der Waals surface area contributed by atoms with Crippen molar-refractivity contribution in [3.8, 4) is 17.6 Å². The van der Waals surface area contributed by atoms with E-state index in [1.807, 2.05) is 18.2 Å². The van der Waals surface area contributed by atoms with Crippen LogP contribution in [-0.4, -0.2) is 34.0 Å². The Bertz CT molecular complexity index is 1250. The largest absolute Gasteiger partial charge is 0.434 e. The first-order valence-electron chi connectivity index (χ1n) is 10.3. The number of ether oxygens (including phenoxy) is 1. The zero-order valence-corrected chi connectivity index (χ0v) is 17.2. The fourth-order valence-corrected chi connectivity index (χ4v) is 4.65. The molecule has 0 spiro atoms. The van der Waals surface area contributed by atoms with Crippen LogP contribution in [0.25, 0.3) is 11.0 Å². The topological polar surface area (TPSA) is 47.4 Å². The number of hydrogen-bond donors (Lipinski definition) is 0. The van der Waals surface area contributed by atoms with E-state index in [0.717, 1.165) is 35.3 Å². The third-order valence-corrected chi connectivity index (χ3v) is 6.01. The lowest BCUT2D eigenvalue weighted by Gasteiger charge is -2.24. The van der Waals surface area contributed by atoms with Gasteiger partial charge in [0.1, 0.15) is 11.6 Å². The molecule has 7 heteroatoms. The maximum atomic E-state index is 13.1. The predicted molar refractivity (Wildman–Crippen MR) is 112 cm³/mol. The monoisotopic (exact) mass is 421 g/mol. The molecule has 3 aromatic rings. The van der Waals surface area contributed by atoms with Crippen LogP contribution in [-0.2, 0) is 0 Å². The molecule has 158 valence electrons. The van der Waals surface area contributed by atoms with E-state index in [1.54, 1.807) is 24.1 Å². The van der Waals surface area contributed by atoms with Crippen molar-refractivity contribution in [2.45, 2.75) is 44.9 Å². The minimum absolute atomic E-state index is 0.0356. The number of benzene rings is 2. The molecule has 2 aliphatic heterocycles. The van der Waals surface area contributed by atoms with Crippen molar-refractivity contribution < 1.29 is 18.3 Å². The number of halogens is 2.